The Morgan fingerprint density at radius 2 is 2.06 bits per heavy atom. The van der Waals surface area contributed by atoms with Gasteiger partial charge in [-0.2, -0.15) is 5.10 Å². The van der Waals surface area contributed by atoms with Crippen molar-refractivity contribution in [3.05, 3.63) is 35.9 Å². The van der Waals surface area contributed by atoms with E-state index in [1.165, 1.54) is 11.8 Å². The molecular weight excluding hydrogens is 232 g/mol. The quantitative estimate of drug-likeness (QED) is 0.802. The summed E-state index contributed by atoms with van der Waals surface area (Å²) in [6.07, 6.45) is 0. The number of nitrogens with zero attached hydrogens (tertiary/aromatic N) is 2. The van der Waals surface area contributed by atoms with Crippen LogP contribution in [0.1, 0.15) is 10.4 Å². The van der Waals surface area contributed by atoms with Crippen LogP contribution in [0.2, 0.25) is 0 Å². The van der Waals surface area contributed by atoms with Crippen molar-refractivity contribution in [1.29, 1.82) is 0 Å². The van der Waals surface area contributed by atoms with Crippen LogP contribution < -0.4 is 11.1 Å². The molecule has 2 aromatic rings. The summed E-state index contributed by atoms with van der Waals surface area (Å²) >= 11 is 0. The van der Waals surface area contributed by atoms with E-state index < -0.39 is 5.97 Å². The van der Waals surface area contributed by atoms with Crippen molar-refractivity contribution < 1.29 is 9.53 Å². The molecule has 6 heteroatoms. The third-order valence-electron chi connectivity index (χ3n) is 2.52. The van der Waals surface area contributed by atoms with Gasteiger partial charge in [-0.1, -0.05) is 18.2 Å². The van der Waals surface area contributed by atoms with E-state index in [1.807, 2.05) is 30.3 Å². The fourth-order valence-electron chi connectivity index (χ4n) is 1.59. The molecule has 2 rings (SSSR count). The summed E-state index contributed by atoms with van der Waals surface area (Å²) in [7, 11) is 2.97. The molecular formula is C12H14N4O2. The molecule has 0 aliphatic carbocycles. The first kappa shape index (κ1) is 12.0. The van der Waals surface area contributed by atoms with E-state index >= 15 is 0 Å². The topological polar surface area (TPSA) is 82.2 Å². The molecule has 0 amide bonds. The number of benzene rings is 1. The number of ether oxygens (including phenoxy) is 1. The minimum absolute atomic E-state index is 0.240. The first-order chi connectivity index (χ1) is 8.63. The third-order valence-corrected chi connectivity index (χ3v) is 2.52. The molecule has 0 atom stereocenters. The molecule has 0 radical (unpaired) electrons. The van der Waals surface area contributed by atoms with Gasteiger partial charge in [0, 0.05) is 12.7 Å². The highest BCUT2D eigenvalue weighted by molar-refractivity contribution is 6.00. The fraction of sp³-hybridized carbons (Fsp3) is 0.167. The van der Waals surface area contributed by atoms with Crippen molar-refractivity contribution in [2.45, 2.75) is 0 Å². The molecule has 1 aromatic heterocycles. The molecule has 6 nitrogen and oxygen atoms in total. The van der Waals surface area contributed by atoms with E-state index in [0.717, 1.165) is 5.69 Å². The molecule has 1 aromatic carbocycles. The average molecular weight is 246 g/mol. The van der Waals surface area contributed by atoms with Gasteiger partial charge in [0.2, 0.25) is 0 Å². The minimum atomic E-state index is -0.515. The molecule has 3 N–H and O–H groups in total. The molecule has 0 saturated heterocycles. The van der Waals surface area contributed by atoms with E-state index in [1.54, 1.807) is 7.05 Å². The van der Waals surface area contributed by atoms with Gasteiger partial charge in [-0.25, -0.2) is 4.79 Å². The van der Waals surface area contributed by atoms with E-state index in [-0.39, 0.29) is 11.4 Å². The molecule has 1 heterocycles. The maximum atomic E-state index is 11.7. The molecule has 0 aliphatic rings. The van der Waals surface area contributed by atoms with Gasteiger partial charge < -0.3 is 15.8 Å². The summed E-state index contributed by atoms with van der Waals surface area (Å²) in [6.45, 7) is 0. The second kappa shape index (κ2) is 4.79. The van der Waals surface area contributed by atoms with Crippen LogP contribution in [0.4, 0.5) is 17.3 Å². The Hall–Kier alpha value is -2.50. The van der Waals surface area contributed by atoms with Crippen LogP contribution in [0.3, 0.4) is 0 Å². The van der Waals surface area contributed by atoms with Gasteiger partial charge in [0.05, 0.1) is 7.11 Å². The number of carbonyl (C=O) groups is 1. The van der Waals surface area contributed by atoms with Crippen molar-refractivity contribution in [3.8, 4) is 0 Å². The van der Waals surface area contributed by atoms with E-state index in [4.69, 9.17) is 10.5 Å². The Morgan fingerprint density at radius 1 is 1.39 bits per heavy atom. The highest BCUT2D eigenvalue weighted by Crippen LogP contribution is 2.24. The first-order valence-electron chi connectivity index (χ1n) is 5.36. The van der Waals surface area contributed by atoms with E-state index in [9.17, 15) is 4.79 Å². The van der Waals surface area contributed by atoms with Crippen LogP contribution in [-0.4, -0.2) is 22.9 Å². The largest absolute Gasteiger partial charge is 0.465 e. The summed E-state index contributed by atoms with van der Waals surface area (Å²) in [5.74, 6) is 0.132. The number of aromatic nitrogens is 2. The number of carbonyl (C=O) groups excluding carboxylic acids is 1. The molecule has 0 spiro atoms. The number of hydrogen-bond acceptors (Lipinski definition) is 5. The number of hydrogen-bond donors (Lipinski definition) is 2. The monoisotopic (exact) mass is 246 g/mol. The normalized spacial score (nSPS) is 10.1. The number of anilines is 3. The van der Waals surface area contributed by atoms with Crippen molar-refractivity contribution >= 4 is 23.3 Å². The third kappa shape index (κ3) is 2.13. The number of rotatable bonds is 3. The lowest BCUT2D eigenvalue weighted by molar-refractivity contribution is 0.0603. The second-order valence-corrected chi connectivity index (χ2v) is 3.72. The molecule has 0 fully saturated rings. The van der Waals surface area contributed by atoms with Crippen molar-refractivity contribution in [1.82, 2.24) is 9.78 Å². The summed E-state index contributed by atoms with van der Waals surface area (Å²) < 4.78 is 6.12. The Morgan fingerprint density at radius 3 is 2.67 bits per heavy atom. The van der Waals surface area contributed by atoms with Crippen molar-refractivity contribution in [2.24, 2.45) is 7.05 Å². The highest BCUT2D eigenvalue weighted by Gasteiger charge is 2.21. The van der Waals surface area contributed by atoms with Gasteiger partial charge in [0.25, 0.3) is 0 Å². The maximum absolute atomic E-state index is 11.7. The smallest absolute Gasteiger partial charge is 0.345 e. The molecule has 0 bridgehead atoms. The number of para-hydroxylation sites is 1. The van der Waals surface area contributed by atoms with Crippen LogP contribution in [0.5, 0.6) is 0 Å². The van der Waals surface area contributed by atoms with Gasteiger partial charge in [-0.3, -0.25) is 4.68 Å². The average Bonchev–Trinajstić information content (AvgIpc) is 2.65. The van der Waals surface area contributed by atoms with Crippen LogP contribution in [-0.2, 0) is 11.8 Å². The number of nitrogens with two attached hydrogens (primary N) is 1. The SMILES string of the molecule is COC(=O)c1c(Nc2ccccc2)nn(C)c1N. The number of esters is 1. The Balaban J connectivity index is 2.39. The highest BCUT2D eigenvalue weighted by atomic mass is 16.5. The van der Waals surface area contributed by atoms with Gasteiger partial charge in [0.15, 0.2) is 5.82 Å². The summed E-state index contributed by atoms with van der Waals surface area (Å²) in [6, 6.07) is 9.40. The number of nitrogen functional groups attached to an aromatic ring is 1. The summed E-state index contributed by atoms with van der Waals surface area (Å²) in [5.41, 5.74) is 6.85. The zero-order valence-electron chi connectivity index (χ0n) is 10.2. The molecule has 0 saturated carbocycles. The Kier molecular flexibility index (Phi) is 3.18. The van der Waals surface area contributed by atoms with Crippen LogP contribution >= 0.6 is 0 Å². The molecule has 0 aliphatic heterocycles. The lowest BCUT2D eigenvalue weighted by Crippen LogP contribution is -2.07. The number of methoxy groups -OCH3 is 1. The minimum Gasteiger partial charge on any atom is -0.465 e. The van der Waals surface area contributed by atoms with Gasteiger partial charge in [0.1, 0.15) is 11.4 Å². The van der Waals surface area contributed by atoms with E-state index in [0.29, 0.717) is 5.82 Å². The van der Waals surface area contributed by atoms with Crippen LogP contribution in [0.25, 0.3) is 0 Å². The Labute approximate surface area is 104 Å². The summed E-state index contributed by atoms with van der Waals surface area (Å²) in [5, 5.41) is 7.19. The lowest BCUT2D eigenvalue weighted by Gasteiger charge is -2.04. The molecule has 0 unspecified atom stereocenters. The number of nitrogens with one attached hydrogen (secondary N) is 1. The predicted molar refractivity (Wildman–Crippen MR) is 68.7 cm³/mol. The molecule has 94 valence electrons. The van der Waals surface area contributed by atoms with Crippen molar-refractivity contribution in [3.63, 3.8) is 0 Å². The predicted octanol–water partition coefficient (Wildman–Crippen LogP) is 1.53. The van der Waals surface area contributed by atoms with Gasteiger partial charge in [-0.05, 0) is 12.1 Å². The number of aryl methyl sites for hydroxylation is 1. The fourth-order valence-corrected chi connectivity index (χ4v) is 1.59. The van der Waals surface area contributed by atoms with Crippen LogP contribution in [0, 0.1) is 0 Å². The standard InChI is InChI=1S/C12H14N4O2/c1-16-10(13)9(12(17)18-2)11(15-16)14-8-6-4-3-5-7-8/h3-7H,13H2,1-2H3,(H,14,15). The van der Waals surface area contributed by atoms with E-state index in [2.05, 4.69) is 10.4 Å². The van der Waals surface area contributed by atoms with Crippen LogP contribution in [0.15, 0.2) is 30.3 Å². The zero-order chi connectivity index (χ0) is 13.1. The summed E-state index contributed by atoms with van der Waals surface area (Å²) in [4.78, 5) is 11.7. The Bertz CT molecular complexity index is 563. The van der Waals surface area contributed by atoms with Gasteiger partial charge in [-0.15, -0.1) is 0 Å². The second-order valence-electron chi connectivity index (χ2n) is 3.72. The maximum Gasteiger partial charge on any atom is 0.345 e. The zero-order valence-corrected chi connectivity index (χ0v) is 10.2. The molecule has 18 heavy (non-hydrogen) atoms. The van der Waals surface area contributed by atoms with Gasteiger partial charge >= 0.3 is 5.97 Å². The van der Waals surface area contributed by atoms with Crippen molar-refractivity contribution in [2.75, 3.05) is 18.2 Å². The lowest BCUT2D eigenvalue weighted by atomic mass is 10.2. The first-order valence-corrected chi connectivity index (χ1v) is 5.36.